The third-order valence-corrected chi connectivity index (χ3v) is 5.95. The van der Waals surface area contributed by atoms with Crippen molar-refractivity contribution in [1.29, 1.82) is 0 Å². The minimum absolute atomic E-state index is 0.0177. The van der Waals surface area contributed by atoms with E-state index in [2.05, 4.69) is 5.32 Å². The largest absolute Gasteiger partial charge is 0.444 e. The molecule has 0 aromatic heterocycles. The molecule has 0 radical (unpaired) electrons. The second-order valence-corrected chi connectivity index (χ2v) is 10.1. The molecule has 0 aliphatic heterocycles. The van der Waals surface area contributed by atoms with Crippen molar-refractivity contribution < 1.29 is 40.7 Å². The number of fused-ring (bicyclic) bond motifs is 1. The molecular weight excluding hydrogens is 524 g/mol. The number of alkyl halides is 6. The van der Waals surface area contributed by atoms with Crippen LogP contribution in [-0.4, -0.2) is 23.7 Å². The quantitative estimate of drug-likeness (QED) is 0.378. The Morgan fingerprint density at radius 2 is 1.73 bits per heavy atom. The second kappa shape index (κ2) is 10.4. The van der Waals surface area contributed by atoms with Crippen LogP contribution in [-0.2, 0) is 28.7 Å². The lowest BCUT2D eigenvalue weighted by atomic mass is 9.89. The molecule has 0 heterocycles. The van der Waals surface area contributed by atoms with E-state index in [0.717, 1.165) is 12.1 Å². The third-order valence-electron chi connectivity index (χ3n) is 5.60. The van der Waals surface area contributed by atoms with Gasteiger partial charge in [0.25, 0.3) is 0 Å². The number of Topliss-reactive ketones (excluding diaryl/α,β-unsaturated/α-hetero) is 1. The first-order chi connectivity index (χ1) is 16.9. The van der Waals surface area contributed by atoms with Crippen LogP contribution in [0.3, 0.4) is 0 Å². The summed E-state index contributed by atoms with van der Waals surface area (Å²) >= 11 is 6.29. The van der Waals surface area contributed by atoms with Crippen molar-refractivity contribution in [2.45, 2.75) is 64.0 Å². The summed E-state index contributed by atoms with van der Waals surface area (Å²) in [6.45, 7) is 5.13. The zero-order chi connectivity index (χ0) is 27.8. The Balaban J connectivity index is 1.78. The predicted octanol–water partition coefficient (Wildman–Crippen LogP) is 7.63. The summed E-state index contributed by atoms with van der Waals surface area (Å²) < 4.78 is 85.6. The number of halogens is 7. The molecular formula is C26H24ClF6NO3. The van der Waals surface area contributed by atoms with Gasteiger partial charge in [-0.05, 0) is 67.3 Å². The van der Waals surface area contributed by atoms with Crippen LogP contribution in [0.25, 0.3) is 6.08 Å². The maximum absolute atomic E-state index is 13.8. The molecule has 0 bridgehead atoms. The average molecular weight is 548 g/mol. The van der Waals surface area contributed by atoms with Gasteiger partial charge in [-0.3, -0.25) is 4.79 Å². The molecule has 0 fully saturated rings. The Morgan fingerprint density at radius 1 is 1.05 bits per heavy atom. The summed E-state index contributed by atoms with van der Waals surface area (Å²) in [6.07, 6.45) is -9.99. The van der Waals surface area contributed by atoms with Gasteiger partial charge < -0.3 is 10.1 Å². The molecule has 3 rings (SSSR count). The van der Waals surface area contributed by atoms with E-state index >= 15 is 0 Å². The fourth-order valence-corrected chi connectivity index (χ4v) is 4.13. The Hall–Kier alpha value is -3.01. The van der Waals surface area contributed by atoms with Gasteiger partial charge in [0.05, 0.1) is 11.5 Å². The summed E-state index contributed by atoms with van der Waals surface area (Å²) in [5, 5.41) is 2.85. The molecule has 200 valence electrons. The lowest BCUT2D eigenvalue weighted by Crippen LogP contribution is -2.32. The zero-order valence-electron chi connectivity index (χ0n) is 20.1. The molecule has 37 heavy (non-hydrogen) atoms. The first-order valence-corrected chi connectivity index (χ1v) is 11.6. The molecule has 1 unspecified atom stereocenters. The number of benzene rings is 2. The fraction of sp³-hybridized carbons (Fsp3) is 0.385. The van der Waals surface area contributed by atoms with E-state index in [1.807, 2.05) is 0 Å². The Morgan fingerprint density at radius 3 is 2.32 bits per heavy atom. The molecule has 11 heteroatoms. The molecule has 0 spiro atoms. The van der Waals surface area contributed by atoms with Gasteiger partial charge in [0.15, 0.2) is 5.78 Å². The van der Waals surface area contributed by atoms with Crippen LogP contribution in [0.5, 0.6) is 0 Å². The maximum Gasteiger partial charge on any atom is 0.416 e. The number of ketones is 1. The number of carbonyl (C=O) groups is 2. The van der Waals surface area contributed by atoms with Gasteiger partial charge in [0.1, 0.15) is 5.60 Å². The van der Waals surface area contributed by atoms with Crippen molar-refractivity contribution in [2.75, 3.05) is 0 Å². The van der Waals surface area contributed by atoms with E-state index in [9.17, 15) is 35.9 Å². The van der Waals surface area contributed by atoms with Crippen LogP contribution >= 0.6 is 11.6 Å². The van der Waals surface area contributed by atoms with E-state index in [1.165, 1.54) is 6.08 Å². The van der Waals surface area contributed by atoms with Crippen molar-refractivity contribution >= 4 is 29.6 Å². The van der Waals surface area contributed by atoms with Crippen molar-refractivity contribution in [2.24, 2.45) is 0 Å². The van der Waals surface area contributed by atoms with Crippen LogP contribution < -0.4 is 5.32 Å². The number of nitrogens with one attached hydrogen (secondary N) is 1. The molecule has 0 saturated carbocycles. The number of alkyl carbamates (subject to hydrolysis) is 1. The van der Waals surface area contributed by atoms with E-state index in [0.29, 0.717) is 28.8 Å². The highest BCUT2D eigenvalue weighted by molar-refractivity contribution is 6.31. The SMILES string of the molecule is CC(C)(C)OC(=O)NCc1cc2c(cc1Cl)CC(C(=O)CC(c1cccc(C(F)(F)F)c1)C(F)(F)F)=C2. The average Bonchev–Trinajstić information content (AvgIpc) is 3.16. The van der Waals surface area contributed by atoms with E-state index in [1.54, 1.807) is 32.9 Å². The molecule has 1 N–H and O–H groups in total. The van der Waals surface area contributed by atoms with Crippen LogP contribution in [0.2, 0.25) is 5.02 Å². The molecule has 1 aliphatic rings. The van der Waals surface area contributed by atoms with Gasteiger partial charge in [0.2, 0.25) is 0 Å². The van der Waals surface area contributed by atoms with Gasteiger partial charge in [0, 0.05) is 30.0 Å². The minimum Gasteiger partial charge on any atom is -0.444 e. The molecule has 4 nitrogen and oxygen atoms in total. The number of ether oxygens (including phenoxy) is 1. The summed E-state index contributed by atoms with van der Waals surface area (Å²) in [4.78, 5) is 24.8. The number of hydrogen-bond acceptors (Lipinski definition) is 3. The molecule has 0 saturated heterocycles. The van der Waals surface area contributed by atoms with Gasteiger partial charge in [-0.15, -0.1) is 0 Å². The zero-order valence-corrected chi connectivity index (χ0v) is 20.9. The van der Waals surface area contributed by atoms with Crippen LogP contribution in [0.4, 0.5) is 31.1 Å². The third kappa shape index (κ3) is 7.50. The lowest BCUT2D eigenvalue weighted by Gasteiger charge is -2.21. The molecule has 2 aromatic rings. The number of amides is 1. The van der Waals surface area contributed by atoms with Gasteiger partial charge in [-0.25, -0.2) is 4.79 Å². The Labute approximate surface area is 214 Å². The number of rotatable bonds is 6. The number of allylic oxidation sites excluding steroid dienone is 1. The summed E-state index contributed by atoms with van der Waals surface area (Å²) in [7, 11) is 0. The highest BCUT2D eigenvalue weighted by Crippen LogP contribution is 2.41. The van der Waals surface area contributed by atoms with Gasteiger partial charge >= 0.3 is 18.4 Å². The maximum atomic E-state index is 13.8. The van der Waals surface area contributed by atoms with Gasteiger partial charge in [-0.2, -0.15) is 26.3 Å². The Kier molecular flexibility index (Phi) is 8.02. The first-order valence-electron chi connectivity index (χ1n) is 11.2. The minimum atomic E-state index is -4.93. The van der Waals surface area contributed by atoms with E-state index in [4.69, 9.17) is 16.3 Å². The van der Waals surface area contributed by atoms with Gasteiger partial charge in [-0.1, -0.05) is 29.8 Å². The monoisotopic (exact) mass is 547 g/mol. The summed E-state index contributed by atoms with van der Waals surface area (Å²) in [6, 6.07) is 6.10. The summed E-state index contributed by atoms with van der Waals surface area (Å²) in [5.74, 6) is -3.23. The molecule has 1 atom stereocenters. The first kappa shape index (κ1) is 28.6. The number of carbonyl (C=O) groups excluding carboxylic acids is 2. The molecule has 1 aliphatic carbocycles. The topological polar surface area (TPSA) is 55.4 Å². The van der Waals surface area contributed by atoms with Crippen molar-refractivity contribution in [3.63, 3.8) is 0 Å². The van der Waals surface area contributed by atoms with Crippen molar-refractivity contribution in [3.05, 3.63) is 74.8 Å². The second-order valence-electron chi connectivity index (χ2n) is 9.69. The highest BCUT2D eigenvalue weighted by atomic mass is 35.5. The standard InChI is InChI=1S/C26H24ClF6NO3/c1-24(2,3)37-23(36)34-13-18-9-15-7-17(8-16(15)11-21(18)27)22(35)12-20(26(31,32)33)14-5-4-6-19(10-14)25(28,29)30/h4-7,9-11,20H,8,12-13H2,1-3H3,(H,34,36). The van der Waals surface area contributed by atoms with Crippen molar-refractivity contribution in [3.8, 4) is 0 Å². The van der Waals surface area contributed by atoms with E-state index in [-0.39, 0.29) is 23.6 Å². The normalized spacial score (nSPS) is 14.6. The smallest absolute Gasteiger partial charge is 0.416 e. The molecule has 2 aromatic carbocycles. The van der Waals surface area contributed by atoms with E-state index < -0.39 is 53.3 Å². The highest BCUT2D eigenvalue weighted by Gasteiger charge is 2.43. The summed E-state index contributed by atoms with van der Waals surface area (Å²) in [5.41, 5.74) is -0.801. The van der Waals surface area contributed by atoms with Crippen molar-refractivity contribution in [1.82, 2.24) is 5.32 Å². The van der Waals surface area contributed by atoms with Crippen LogP contribution in [0.1, 0.15) is 60.9 Å². The Bertz CT molecular complexity index is 1230. The van der Waals surface area contributed by atoms with Crippen LogP contribution in [0, 0.1) is 0 Å². The predicted molar refractivity (Wildman–Crippen MR) is 126 cm³/mol. The number of hydrogen-bond donors (Lipinski definition) is 1. The fourth-order valence-electron chi connectivity index (χ4n) is 3.88. The molecule has 1 amide bonds. The van der Waals surface area contributed by atoms with Crippen LogP contribution in [0.15, 0.2) is 42.0 Å². The lowest BCUT2D eigenvalue weighted by molar-refractivity contribution is -0.156.